The highest BCUT2D eigenvalue weighted by molar-refractivity contribution is 7.88. The Morgan fingerprint density at radius 3 is 2.33 bits per heavy atom. The highest BCUT2D eigenvalue weighted by Crippen LogP contribution is 2.17. The molecule has 1 aromatic rings. The van der Waals surface area contributed by atoms with Crippen LogP contribution in [0.15, 0.2) is 30.3 Å². The van der Waals surface area contributed by atoms with E-state index in [2.05, 4.69) is 23.5 Å². The Kier molecular flexibility index (Phi) is 5.79. The minimum atomic E-state index is -3.27. The van der Waals surface area contributed by atoms with Crippen molar-refractivity contribution >= 4 is 10.0 Å². The van der Waals surface area contributed by atoms with Crippen LogP contribution in [0.5, 0.6) is 0 Å². The Balaban J connectivity index is 1.93. The summed E-state index contributed by atoms with van der Waals surface area (Å²) in [6.45, 7) is 7.00. The summed E-state index contributed by atoms with van der Waals surface area (Å²) in [6.07, 6.45) is 2.44. The molecular weight excluding hydrogens is 284 g/mol. The van der Waals surface area contributed by atoms with Crippen LogP contribution in [-0.4, -0.2) is 39.0 Å². The molecular formula is C16H26N2O2S. The molecule has 0 aliphatic carbocycles. The fraction of sp³-hybridized carbons (Fsp3) is 0.625. The summed E-state index contributed by atoms with van der Waals surface area (Å²) in [5, 5.41) is 0. The molecule has 0 amide bonds. The Hall–Kier alpha value is -0.910. The lowest BCUT2D eigenvalue weighted by Crippen LogP contribution is -2.45. The third-order valence-corrected chi connectivity index (χ3v) is 5.41. The van der Waals surface area contributed by atoms with Gasteiger partial charge >= 0.3 is 0 Å². The monoisotopic (exact) mass is 310 g/mol. The second-order valence-corrected chi connectivity index (χ2v) is 7.95. The number of hydrogen-bond acceptors (Lipinski definition) is 3. The average molecular weight is 310 g/mol. The van der Waals surface area contributed by atoms with E-state index in [1.807, 2.05) is 30.3 Å². The lowest BCUT2D eigenvalue weighted by molar-refractivity contribution is 0.193. The zero-order valence-electron chi connectivity index (χ0n) is 13.0. The number of nitrogens with one attached hydrogen (secondary N) is 1. The van der Waals surface area contributed by atoms with Gasteiger partial charge in [0, 0.05) is 12.6 Å². The van der Waals surface area contributed by atoms with Crippen molar-refractivity contribution in [3.8, 4) is 0 Å². The van der Waals surface area contributed by atoms with Crippen molar-refractivity contribution in [1.82, 2.24) is 9.62 Å². The normalized spacial score (nSPS) is 18.2. The van der Waals surface area contributed by atoms with Crippen LogP contribution in [-0.2, 0) is 15.8 Å². The molecule has 0 saturated carbocycles. The lowest BCUT2D eigenvalue weighted by atomic mass is 10.0. The van der Waals surface area contributed by atoms with Gasteiger partial charge in [0.05, 0.1) is 5.75 Å². The van der Waals surface area contributed by atoms with E-state index in [1.165, 1.54) is 12.8 Å². The van der Waals surface area contributed by atoms with Gasteiger partial charge in [-0.05, 0) is 37.4 Å². The van der Waals surface area contributed by atoms with Gasteiger partial charge in [-0.2, -0.15) is 0 Å². The molecule has 21 heavy (non-hydrogen) atoms. The fourth-order valence-corrected chi connectivity index (χ4v) is 4.07. The van der Waals surface area contributed by atoms with Crippen LogP contribution in [0.1, 0.15) is 32.3 Å². The number of likely N-dealkylation sites (tertiary alicyclic amines) is 1. The molecule has 1 aromatic carbocycles. The zero-order chi connectivity index (χ0) is 15.3. The quantitative estimate of drug-likeness (QED) is 0.840. The van der Waals surface area contributed by atoms with Crippen LogP contribution in [0.3, 0.4) is 0 Å². The van der Waals surface area contributed by atoms with E-state index in [4.69, 9.17) is 0 Å². The third kappa shape index (κ3) is 5.09. The summed E-state index contributed by atoms with van der Waals surface area (Å²) in [5.74, 6) is 0.501. The van der Waals surface area contributed by atoms with Crippen molar-refractivity contribution < 1.29 is 8.42 Å². The van der Waals surface area contributed by atoms with Crippen LogP contribution >= 0.6 is 0 Å². The maximum absolute atomic E-state index is 12.2. The van der Waals surface area contributed by atoms with Crippen molar-refractivity contribution in [2.24, 2.45) is 5.92 Å². The standard InChI is InChI=1S/C16H26N2O2S/c1-14(2)16(18-10-6-7-11-18)12-17-21(19,20)13-15-8-4-3-5-9-15/h3-5,8-9,14,16-17H,6-7,10-13H2,1-2H3. The Labute approximate surface area is 128 Å². The highest BCUT2D eigenvalue weighted by Gasteiger charge is 2.25. The molecule has 5 heteroatoms. The van der Waals surface area contributed by atoms with Crippen LogP contribution in [0.25, 0.3) is 0 Å². The maximum Gasteiger partial charge on any atom is 0.215 e. The molecule has 118 valence electrons. The van der Waals surface area contributed by atoms with E-state index in [0.29, 0.717) is 12.5 Å². The fourth-order valence-electron chi connectivity index (χ4n) is 2.92. The van der Waals surface area contributed by atoms with Gasteiger partial charge in [-0.3, -0.25) is 4.90 Å². The summed E-state index contributed by atoms with van der Waals surface area (Å²) in [4.78, 5) is 2.41. The van der Waals surface area contributed by atoms with Crippen molar-refractivity contribution in [3.63, 3.8) is 0 Å². The number of benzene rings is 1. The molecule has 1 unspecified atom stereocenters. The van der Waals surface area contributed by atoms with Crippen molar-refractivity contribution in [1.29, 1.82) is 0 Å². The van der Waals surface area contributed by atoms with Gasteiger partial charge in [-0.15, -0.1) is 0 Å². The molecule has 1 heterocycles. The van der Waals surface area contributed by atoms with Gasteiger partial charge in [0.15, 0.2) is 0 Å². The van der Waals surface area contributed by atoms with E-state index >= 15 is 0 Å². The van der Waals surface area contributed by atoms with Crippen molar-refractivity contribution in [3.05, 3.63) is 35.9 Å². The van der Waals surface area contributed by atoms with E-state index in [0.717, 1.165) is 18.7 Å². The van der Waals surface area contributed by atoms with Crippen LogP contribution in [0.2, 0.25) is 0 Å². The molecule has 0 aromatic heterocycles. The largest absolute Gasteiger partial charge is 0.299 e. The Morgan fingerprint density at radius 1 is 1.14 bits per heavy atom. The summed E-state index contributed by atoms with van der Waals surface area (Å²) in [7, 11) is -3.27. The minimum absolute atomic E-state index is 0.0542. The highest BCUT2D eigenvalue weighted by atomic mass is 32.2. The van der Waals surface area contributed by atoms with Crippen LogP contribution < -0.4 is 4.72 Å². The molecule has 1 fully saturated rings. The van der Waals surface area contributed by atoms with Gasteiger partial charge in [0.25, 0.3) is 0 Å². The molecule has 1 saturated heterocycles. The second-order valence-electron chi connectivity index (χ2n) is 6.15. The number of nitrogens with zero attached hydrogens (tertiary/aromatic N) is 1. The summed E-state index contributed by atoms with van der Waals surface area (Å²) >= 11 is 0. The molecule has 2 rings (SSSR count). The van der Waals surface area contributed by atoms with Gasteiger partial charge in [0.1, 0.15) is 0 Å². The summed E-state index contributed by atoms with van der Waals surface area (Å²) in [6, 6.07) is 9.61. The molecule has 0 radical (unpaired) electrons. The molecule has 4 nitrogen and oxygen atoms in total. The van der Waals surface area contributed by atoms with E-state index in [1.54, 1.807) is 0 Å². The van der Waals surface area contributed by atoms with E-state index in [9.17, 15) is 8.42 Å². The number of hydrogen-bond donors (Lipinski definition) is 1. The molecule has 1 aliphatic heterocycles. The molecule has 1 N–H and O–H groups in total. The predicted molar refractivity (Wildman–Crippen MR) is 86.5 cm³/mol. The van der Waals surface area contributed by atoms with Gasteiger partial charge in [-0.1, -0.05) is 44.2 Å². The SMILES string of the molecule is CC(C)C(CNS(=O)(=O)Cc1ccccc1)N1CCCC1. The molecule has 0 bridgehead atoms. The second kappa shape index (κ2) is 7.38. The summed E-state index contributed by atoms with van der Waals surface area (Å²) < 4.78 is 27.2. The average Bonchev–Trinajstić information content (AvgIpc) is 2.93. The van der Waals surface area contributed by atoms with Crippen molar-refractivity contribution in [2.75, 3.05) is 19.6 Å². The first-order valence-electron chi connectivity index (χ1n) is 7.73. The predicted octanol–water partition coefficient (Wildman–Crippen LogP) is 2.23. The third-order valence-electron chi connectivity index (χ3n) is 4.09. The first kappa shape index (κ1) is 16.5. The Bertz CT molecular complexity index is 522. The molecule has 1 aliphatic rings. The van der Waals surface area contributed by atoms with Crippen LogP contribution in [0.4, 0.5) is 0 Å². The first-order valence-corrected chi connectivity index (χ1v) is 9.38. The molecule has 0 spiro atoms. The maximum atomic E-state index is 12.2. The Morgan fingerprint density at radius 2 is 1.76 bits per heavy atom. The van der Waals surface area contributed by atoms with Gasteiger partial charge in [-0.25, -0.2) is 13.1 Å². The van der Waals surface area contributed by atoms with Gasteiger partial charge in [0.2, 0.25) is 10.0 Å². The van der Waals surface area contributed by atoms with Crippen LogP contribution in [0, 0.1) is 5.92 Å². The van der Waals surface area contributed by atoms with E-state index in [-0.39, 0.29) is 11.8 Å². The minimum Gasteiger partial charge on any atom is -0.299 e. The lowest BCUT2D eigenvalue weighted by Gasteiger charge is -2.30. The number of rotatable bonds is 7. The topological polar surface area (TPSA) is 49.4 Å². The first-order chi connectivity index (χ1) is 9.98. The molecule has 1 atom stereocenters. The zero-order valence-corrected chi connectivity index (χ0v) is 13.8. The van der Waals surface area contributed by atoms with Crippen molar-refractivity contribution in [2.45, 2.75) is 38.5 Å². The number of sulfonamides is 1. The summed E-state index contributed by atoms with van der Waals surface area (Å²) in [5.41, 5.74) is 0.826. The van der Waals surface area contributed by atoms with Gasteiger partial charge < -0.3 is 0 Å². The van der Waals surface area contributed by atoms with E-state index < -0.39 is 10.0 Å². The smallest absolute Gasteiger partial charge is 0.215 e.